The first-order valence-corrected chi connectivity index (χ1v) is 9.53. The smallest absolute Gasteiger partial charge is 0.243 e. The lowest BCUT2D eigenvalue weighted by atomic mass is 10.3. The highest BCUT2D eigenvalue weighted by atomic mass is 32.2. The lowest BCUT2D eigenvalue weighted by molar-refractivity contribution is -0.114. The molecule has 0 saturated carbocycles. The number of carbonyl (C=O) groups excluding carboxylic acids is 1. The van der Waals surface area contributed by atoms with Gasteiger partial charge in [-0.2, -0.15) is 0 Å². The molecule has 0 unspecified atom stereocenters. The van der Waals surface area contributed by atoms with Crippen molar-refractivity contribution >= 4 is 27.1 Å². The number of carbonyl (C=O) groups is 1. The molecule has 0 saturated heterocycles. The van der Waals surface area contributed by atoms with Crippen LogP contribution in [0, 0.1) is 0 Å². The molecule has 0 radical (unpaired) electrons. The highest BCUT2D eigenvalue weighted by Gasteiger charge is 2.20. The van der Waals surface area contributed by atoms with Crippen LogP contribution in [0.2, 0.25) is 0 Å². The molecular weight excluding hydrogens is 348 g/mol. The Morgan fingerprint density at radius 1 is 0.769 bits per heavy atom. The van der Waals surface area contributed by atoms with E-state index in [-0.39, 0.29) is 22.2 Å². The van der Waals surface area contributed by atoms with Crippen molar-refractivity contribution in [2.45, 2.75) is 9.79 Å². The van der Waals surface area contributed by atoms with Gasteiger partial charge in [0.15, 0.2) is 0 Å². The van der Waals surface area contributed by atoms with Gasteiger partial charge in [-0.05, 0) is 36.4 Å². The Morgan fingerprint density at radius 2 is 1.35 bits per heavy atom. The monoisotopic (exact) mass is 366 g/mol. The van der Waals surface area contributed by atoms with E-state index in [2.05, 4.69) is 10.6 Å². The summed E-state index contributed by atoms with van der Waals surface area (Å²) >= 11 is 0. The molecular formula is C20H18N2O3S. The summed E-state index contributed by atoms with van der Waals surface area (Å²) in [6.45, 7) is -0.0454. The van der Waals surface area contributed by atoms with Gasteiger partial charge < -0.3 is 10.6 Å². The van der Waals surface area contributed by atoms with Crippen molar-refractivity contribution in [1.82, 2.24) is 0 Å². The van der Waals surface area contributed by atoms with Crippen LogP contribution in [0.4, 0.5) is 11.4 Å². The van der Waals surface area contributed by atoms with E-state index in [1.54, 1.807) is 60.7 Å². The SMILES string of the molecule is O=C(CNc1ccccc1S(=O)(=O)c1ccccc1)Nc1ccccc1. The number of amides is 1. The summed E-state index contributed by atoms with van der Waals surface area (Å²) in [5.41, 5.74) is 1.07. The minimum absolute atomic E-state index is 0.0454. The van der Waals surface area contributed by atoms with E-state index in [0.29, 0.717) is 11.4 Å². The largest absolute Gasteiger partial charge is 0.375 e. The van der Waals surface area contributed by atoms with Crippen molar-refractivity contribution in [3.63, 3.8) is 0 Å². The van der Waals surface area contributed by atoms with Crippen LogP contribution in [0.15, 0.2) is 94.7 Å². The van der Waals surface area contributed by atoms with Crippen LogP contribution < -0.4 is 10.6 Å². The zero-order valence-electron chi connectivity index (χ0n) is 13.9. The van der Waals surface area contributed by atoms with Gasteiger partial charge in [-0.15, -0.1) is 0 Å². The molecule has 1 amide bonds. The fourth-order valence-corrected chi connectivity index (χ4v) is 3.93. The number of para-hydroxylation sites is 2. The van der Waals surface area contributed by atoms with E-state index in [4.69, 9.17) is 0 Å². The lowest BCUT2D eigenvalue weighted by Gasteiger charge is -2.13. The predicted molar refractivity (Wildman–Crippen MR) is 102 cm³/mol. The molecule has 3 rings (SSSR count). The van der Waals surface area contributed by atoms with Gasteiger partial charge in [0.25, 0.3) is 0 Å². The number of hydrogen-bond donors (Lipinski definition) is 2. The van der Waals surface area contributed by atoms with E-state index in [1.807, 2.05) is 18.2 Å². The number of sulfone groups is 1. The van der Waals surface area contributed by atoms with Crippen LogP contribution in [0.3, 0.4) is 0 Å². The van der Waals surface area contributed by atoms with E-state index in [9.17, 15) is 13.2 Å². The van der Waals surface area contributed by atoms with Gasteiger partial charge in [0.2, 0.25) is 15.7 Å². The van der Waals surface area contributed by atoms with E-state index < -0.39 is 9.84 Å². The zero-order chi connectivity index (χ0) is 18.4. The Morgan fingerprint density at radius 3 is 2.04 bits per heavy atom. The second-order valence-electron chi connectivity index (χ2n) is 5.58. The third kappa shape index (κ3) is 4.10. The summed E-state index contributed by atoms with van der Waals surface area (Å²) in [5.74, 6) is -0.261. The molecule has 132 valence electrons. The Hall–Kier alpha value is -3.12. The molecule has 0 atom stereocenters. The first-order chi connectivity index (χ1) is 12.6. The first-order valence-electron chi connectivity index (χ1n) is 8.05. The maximum atomic E-state index is 12.8. The quantitative estimate of drug-likeness (QED) is 0.699. The third-order valence-corrected chi connectivity index (χ3v) is 5.55. The highest BCUT2D eigenvalue weighted by Crippen LogP contribution is 2.27. The second-order valence-corrected chi connectivity index (χ2v) is 7.50. The molecule has 6 heteroatoms. The highest BCUT2D eigenvalue weighted by molar-refractivity contribution is 7.91. The Bertz CT molecular complexity index is 988. The van der Waals surface area contributed by atoms with Crippen LogP contribution >= 0.6 is 0 Å². The molecule has 0 heterocycles. The van der Waals surface area contributed by atoms with Gasteiger partial charge in [-0.1, -0.05) is 48.5 Å². The lowest BCUT2D eigenvalue weighted by Crippen LogP contribution is -2.22. The topological polar surface area (TPSA) is 75.3 Å². The summed E-state index contributed by atoms with van der Waals surface area (Å²) in [6.07, 6.45) is 0. The van der Waals surface area contributed by atoms with Crippen molar-refractivity contribution in [2.24, 2.45) is 0 Å². The molecule has 0 spiro atoms. The summed E-state index contributed by atoms with van der Waals surface area (Å²) < 4.78 is 25.7. The molecule has 3 aromatic carbocycles. The number of benzene rings is 3. The second kappa shape index (κ2) is 7.84. The Labute approximate surface area is 152 Å². The standard InChI is InChI=1S/C20H18N2O3S/c23-20(22-16-9-3-1-4-10-16)15-21-18-13-7-8-14-19(18)26(24,25)17-11-5-2-6-12-17/h1-14,21H,15H2,(H,22,23). The fourth-order valence-electron chi connectivity index (χ4n) is 2.48. The molecule has 0 aliphatic rings. The molecule has 0 fully saturated rings. The number of rotatable bonds is 6. The van der Waals surface area contributed by atoms with Gasteiger partial charge >= 0.3 is 0 Å². The molecule has 5 nitrogen and oxygen atoms in total. The molecule has 2 N–H and O–H groups in total. The van der Waals surface area contributed by atoms with E-state index in [0.717, 1.165) is 0 Å². The zero-order valence-corrected chi connectivity index (χ0v) is 14.7. The molecule has 0 aliphatic carbocycles. The van der Waals surface area contributed by atoms with Crippen LogP contribution in [0.25, 0.3) is 0 Å². The van der Waals surface area contributed by atoms with Crippen molar-refractivity contribution in [3.05, 3.63) is 84.9 Å². The molecule has 0 aromatic heterocycles. The van der Waals surface area contributed by atoms with E-state index in [1.165, 1.54) is 6.07 Å². The van der Waals surface area contributed by atoms with Gasteiger partial charge in [-0.25, -0.2) is 8.42 Å². The van der Waals surface area contributed by atoms with Crippen LogP contribution in [0.5, 0.6) is 0 Å². The Kier molecular flexibility index (Phi) is 5.34. The maximum Gasteiger partial charge on any atom is 0.243 e. The van der Waals surface area contributed by atoms with Crippen LogP contribution in [0.1, 0.15) is 0 Å². The minimum Gasteiger partial charge on any atom is -0.375 e. The Balaban J connectivity index is 1.77. The molecule has 26 heavy (non-hydrogen) atoms. The first kappa shape index (κ1) is 17.7. The van der Waals surface area contributed by atoms with Gasteiger partial charge in [0.05, 0.1) is 22.0 Å². The van der Waals surface area contributed by atoms with E-state index >= 15 is 0 Å². The normalized spacial score (nSPS) is 10.9. The number of nitrogens with one attached hydrogen (secondary N) is 2. The van der Waals surface area contributed by atoms with Crippen molar-refractivity contribution in [3.8, 4) is 0 Å². The fraction of sp³-hybridized carbons (Fsp3) is 0.0500. The minimum atomic E-state index is -3.67. The molecule has 0 aliphatic heterocycles. The average Bonchev–Trinajstić information content (AvgIpc) is 2.68. The summed E-state index contributed by atoms with van der Waals surface area (Å²) in [4.78, 5) is 12.4. The number of hydrogen-bond acceptors (Lipinski definition) is 4. The van der Waals surface area contributed by atoms with Crippen LogP contribution in [-0.2, 0) is 14.6 Å². The van der Waals surface area contributed by atoms with Crippen molar-refractivity contribution < 1.29 is 13.2 Å². The summed E-state index contributed by atoms with van der Waals surface area (Å²) in [5, 5.41) is 5.67. The van der Waals surface area contributed by atoms with Crippen molar-refractivity contribution in [2.75, 3.05) is 17.2 Å². The van der Waals surface area contributed by atoms with Gasteiger partial charge in [-0.3, -0.25) is 4.79 Å². The third-order valence-electron chi connectivity index (χ3n) is 3.73. The summed E-state index contributed by atoms with van der Waals surface area (Å²) in [6, 6.07) is 23.8. The van der Waals surface area contributed by atoms with Gasteiger partial charge in [0.1, 0.15) is 0 Å². The molecule has 0 bridgehead atoms. The van der Waals surface area contributed by atoms with Crippen LogP contribution in [-0.4, -0.2) is 20.9 Å². The van der Waals surface area contributed by atoms with Crippen molar-refractivity contribution in [1.29, 1.82) is 0 Å². The van der Waals surface area contributed by atoms with Gasteiger partial charge in [0, 0.05) is 5.69 Å². The molecule has 3 aromatic rings. The summed E-state index contributed by atoms with van der Waals surface area (Å²) in [7, 11) is -3.67. The average molecular weight is 366 g/mol. The maximum absolute atomic E-state index is 12.8. The number of anilines is 2. The predicted octanol–water partition coefficient (Wildman–Crippen LogP) is 3.57.